The number of aliphatic hydroxyl groups is 1. The van der Waals surface area contributed by atoms with Crippen LogP contribution in [0.3, 0.4) is 0 Å². The molecule has 27 heavy (non-hydrogen) atoms. The molecule has 2 saturated heterocycles. The summed E-state index contributed by atoms with van der Waals surface area (Å²) < 4.78 is 28.3. The summed E-state index contributed by atoms with van der Waals surface area (Å²) in [6, 6.07) is 0. The van der Waals surface area contributed by atoms with Gasteiger partial charge in [-0.15, -0.1) is 0 Å². The summed E-state index contributed by atoms with van der Waals surface area (Å²) in [5.74, 6) is 1.15. The van der Waals surface area contributed by atoms with Gasteiger partial charge in [0.05, 0.1) is 36.9 Å². The maximum absolute atomic E-state index is 11.5. The molecule has 158 valence electrons. The SMILES string of the molecule is CCNC(=NCC(C)(O)CN1CCOCC1)NCCN1CCS(=O)(=O)CC1. The van der Waals surface area contributed by atoms with Crippen LogP contribution < -0.4 is 10.6 Å². The monoisotopic (exact) mass is 405 g/mol. The molecule has 9 nitrogen and oxygen atoms in total. The summed E-state index contributed by atoms with van der Waals surface area (Å²) in [5.41, 5.74) is -0.902. The first kappa shape index (κ1) is 22.4. The lowest BCUT2D eigenvalue weighted by atomic mass is 10.1. The fourth-order valence-corrected chi connectivity index (χ4v) is 4.47. The topological polar surface area (TPSA) is 106 Å². The molecule has 1 unspecified atom stereocenters. The highest BCUT2D eigenvalue weighted by molar-refractivity contribution is 7.91. The van der Waals surface area contributed by atoms with E-state index in [0.717, 1.165) is 26.2 Å². The third-order valence-corrected chi connectivity index (χ3v) is 6.36. The van der Waals surface area contributed by atoms with Crippen molar-refractivity contribution in [3.05, 3.63) is 0 Å². The fourth-order valence-electron chi connectivity index (χ4n) is 3.19. The average Bonchev–Trinajstić information content (AvgIpc) is 2.61. The number of hydrogen-bond donors (Lipinski definition) is 3. The van der Waals surface area contributed by atoms with Gasteiger partial charge >= 0.3 is 0 Å². The van der Waals surface area contributed by atoms with Crippen molar-refractivity contribution in [1.29, 1.82) is 0 Å². The molecule has 10 heteroatoms. The van der Waals surface area contributed by atoms with Gasteiger partial charge in [-0.1, -0.05) is 0 Å². The number of nitrogens with one attached hydrogen (secondary N) is 2. The molecule has 0 spiro atoms. The number of hydrogen-bond acceptors (Lipinski definition) is 7. The second-order valence-electron chi connectivity index (χ2n) is 7.50. The van der Waals surface area contributed by atoms with Crippen LogP contribution in [-0.4, -0.2) is 119 Å². The highest BCUT2D eigenvalue weighted by atomic mass is 32.2. The summed E-state index contributed by atoms with van der Waals surface area (Å²) in [5, 5.41) is 17.1. The Morgan fingerprint density at radius 2 is 1.81 bits per heavy atom. The van der Waals surface area contributed by atoms with E-state index in [2.05, 4.69) is 25.4 Å². The van der Waals surface area contributed by atoms with Crippen molar-refractivity contribution in [3.63, 3.8) is 0 Å². The third kappa shape index (κ3) is 8.73. The van der Waals surface area contributed by atoms with Crippen LogP contribution in [0.1, 0.15) is 13.8 Å². The van der Waals surface area contributed by atoms with Gasteiger partial charge in [0.2, 0.25) is 0 Å². The Labute approximate surface area is 163 Å². The molecular formula is C17H35N5O4S. The molecule has 2 heterocycles. The van der Waals surface area contributed by atoms with E-state index in [9.17, 15) is 13.5 Å². The number of β-amino-alcohol motifs (C(OH)–C–C–N with tert-alkyl or cyclic N) is 1. The third-order valence-electron chi connectivity index (χ3n) is 4.75. The zero-order valence-electron chi connectivity index (χ0n) is 16.6. The van der Waals surface area contributed by atoms with Gasteiger partial charge < -0.3 is 20.5 Å². The highest BCUT2D eigenvalue weighted by Crippen LogP contribution is 2.09. The van der Waals surface area contributed by atoms with Gasteiger partial charge in [0.1, 0.15) is 0 Å². The van der Waals surface area contributed by atoms with Crippen molar-refractivity contribution in [1.82, 2.24) is 20.4 Å². The van der Waals surface area contributed by atoms with E-state index in [4.69, 9.17) is 4.74 Å². The van der Waals surface area contributed by atoms with Gasteiger partial charge in [0.25, 0.3) is 0 Å². The Morgan fingerprint density at radius 1 is 1.15 bits per heavy atom. The molecule has 0 aromatic heterocycles. The standard InChI is InChI=1S/C17H35N5O4S/c1-3-18-16(19-4-5-21-8-12-27(24,25)13-9-21)20-14-17(2,23)15-22-6-10-26-11-7-22/h23H,3-15H2,1-2H3,(H2,18,19,20). The molecule has 0 bridgehead atoms. The fraction of sp³-hybridized carbons (Fsp3) is 0.941. The smallest absolute Gasteiger partial charge is 0.191 e. The van der Waals surface area contributed by atoms with E-state index in [1.54, 1.807) is 0 Å². The van der Waals surface area contributed by atoms with Gasteiger partial charge in [0.15, 0.2) is 15.8 Å². The largest absolute Gasteiger partial charge is 0.387 e. The van der Waals surface area contributed by atoms with Crippen molar-refractivity contribution < 1.29 is 18.3 Å². The normalized spacial score (nSPS) is 24.3. The van der Waals surface area contributed by atoms with Gasteiger partial charge in [-0.2, -0.15) is 0 Å². The molecule has 0 radical (unpaired) electrons. The van der Waals surface area contributed by atoms with Crippen LogP contribution in [0.25, 0.3) is 0 Å². The first-order valence-electron chi connectivity index (χ1n) is 9.77. The molecule has 1 atom stereocenters. The number of aliphatic imine (C=N–C) groups is 1. The molecule has 0 amide bonds. The Hall–Kier alpha value is -0.940. The zero-order valence-corrected chi connectivity index (χ0v) is 17.4. The van der Waals surface area contributed by atoms with Crippen molar-refractivity contribution >= 4 is 15.8 Å². The lowest BCUT2D eigenvalue weighted by Crippen LogP contribution is -2.49. The number of morpholine rings is 1. The molecule has 2 rings (SSSR count). The lowest BCUT2D eigenvalue weighted by Gasteiger charge is -2.33. The summed E-state index contributed by atoms with van der Waals surface area (Å²) in [6.45, 7) is 11.1. The van der Waals surface area contributed by atoms with Crippen LogP contribution in [0.5, 0.6) is 0 Å². The molecule has 0 aromatic carbocycles. The minimum Gasteiger partial charge on any atom is -0.387 e. The van der Waals surface area contributed by atoms with E-state index >= 15 is 0 Å². The van der Waals surface area contributed by atoms with Crippen LogP contribution in [-0.2, 0) is 14.6 Å². The Morgan fingerprint density at radius 3 is 2.44 bits per heavy atom. The number of sulfone groups is 1. The summed E-state index contributed by atoms with van der Waals surface area (Å²) >= 11 is 0. The summed E-state index contributed by atoms with van der Waals surface area (Å²) in [4.78, 5) is 8.87. The van der Waals surface area contributed by atoms with E-state index in [-0.39, 0.29) is 11.5 Å². The van der Waals surface area contributed by atoms with Gasteiger partial charge in [-0.05, 0) is 13.8 Å². The molecule has 3 N–H and O–H groups in total. The zero-order chi connectivity index (χ0) is 19.8. The highest BCUT2D eigenvalue weighted by Gasteiger charge is 2.25. The van der Waals surface area contributed by atoms with Crippen molar-refractivity contribution in [2.75, 3.05) is 83.6 Å². The molecule has 0 saturated carbocycles. The van der Waals surface area contributed by atoms with Gasteiger partial charge in [-0.25, -0.2) is 8.42 Å². The first-order valence-corrected chi connectivity index (χ1v) is 11.6. The van der Waals surface area contributed by atoms with Crippen LogP contribution in [0, 0.1) is 0 Å². The quantitative estimate of drug-likeness (QED) is 0.326. The maximum Gasteiger partial charge on any atom is 0.191 e. The van der Waals surface area contributed by atoms with Crippen LogP contribution in [0.2, 0.25) is 0 Å². The van der Waals surface area contributed by atoms with E-state index < -0.39 is 15.4 Å². The van der Waals surface area contributed by atoms with Gasteiger partial charge in [-0.3, -0.25) is 14.8 Å². The Kier molecular flexibility index (Phi) is 8.74. The predicted molar refractivity (Wildman–Crippen MR) is 107 cm³/mol. The van der Waals surface area contributed by atoms with Crippen LogP contribution in [0.4, 0.5) is 0 Å². The van der Waals surface area contributed by atoms with Crippen LogP contribution in [0.15, 0.2) is 4.99 Å². The number of rotatable bonds is 8. The number of ether oxygens (including phenoxy) is 1. The molecule has 2 aliphatic rings. The predicted octanol–water partition coefficient (Wildman–Crippen LogP) is -1.64. The van der Waals surface area contributed by atoms with E-state index in [0.29, 0.717) is 51.9 Å². The van der Waals surface area contributed by atoms with Crippen LogP contribution >= 0.6 is 0 Å². The summed E-state index contributed by atoms with van der Waals surface area (Å²) in [6.07, 6.45) is 0. The number of guanidine groups is 1. The maximum atomic E-state index is 11.5. The molecule has 0 aromatic rings. The molecule has 2 fully saturated rings. The minimum atomic E-state index is -2.84. The Balaban J connectivity index is 1.75. The molecule has 0 aliphatic carbocycles. The first-order chi connectivity index (χ1) is 12.8. The molecular weight excluding hydrogens is 370 g/mol. The number of nitrogens with zero attached hydrogens (tertiary/aromatic N) is 3. The minimum absolute atomic E-state index is 0.242. The average molecular weight is 406 g/mol. The second-order valence-corrected chi connectivity index (χ2v) is 9.80. The van der Waals surface area contributed by atoms with Gasteiger partial charge in [0, 0.05) is 52.4 Å². The van der Waals surface area contributed by atoms with Crippen molar-refractivity contribution in [2.24, 2.45) is 4.99 Å². The van der Waals surface area contributed by atoms with E-state index in [1.165, 1.54) is 0 Å². The van der Waals surface area contributed by atoms with E-state index in [1.807, 2.05) is 13.8 Å². The Bertz CT molecular complexity index is 562. The summed E-state index contributed by atoms with van der Waals surface area (Å²) in [7, 11) is -2.84. The van der Waals surface area contributed by atoms with Crippen molar-refractivity contribution in [3.8, 4) is 0 Å². The molecule has 2 aliphatic heterocycles. The second kappa shape index (κ2) is 10.6. The lowest BCUT2D eigenvalue weighted by molar-refractivity contribution is -0.0180. The van der Waals surface area contributed by atoms with Crippen molar-refractivity contribution in [2.45, 2.75) is 19.4 Å².